The summed E-state index contributed by atoms with van der Waals surface area (Å²) in [5.74, 6) is 1.12. The zero-order valence-corrected chi connectivity index (χ0v) is 21.1. The Balaban J connectivity index is 1.12. The Morgan fingerprint density at radius 2 is 2.03 bits per heavy atom. The van der Waals surface area contributed by atoms with Crippen LogP contribution in [0.5, 0.6) is 5.75 Å². The molecule has 0 aliphatic carbocycles. The van der Waals surface area contributed by atoms with Crippen LogP contribution in [-0.2, 0) is 13.1 Å². The Kier molecular flexibility index (Phi) is 7.70. The maximum atomic E-state index is 13.2. The van der Waals surface area contributed by atoms with Crippen LogP contribution in [0.1, 0.15) is 34.5 Å². The van der Waals surface area contributed by atoms with Gasteiger partial charge in [0.15, 0.2) is 0 Å². The van der Waals surface area contributed by atoms with Crippen LogP contribution in [0.15, 0.2) is 65.4 Å². The molecule has 3 aromatic rings. The van der Waals surface area contributed by atoms with Gasteiger partial charge in [0.05, 0.1) is 12.3 Å². The number of nitrogens with one attached hydrogen (secondary N) is 1. The SMILES string of the molecule is CN(Cc1ccc(OC[C@@H]2CCCN(C(=O)c3cccc(N4CCNC4=O)c3)C2)cc1)Cc1ccon1. The van der Waals surface area contributed by atoms with Crippen LogP contribution in [0.3, 0.4) is 0 Å². The Bertz CT molecular complexity index is 1200. The zero-order chi connectivity index (χ0) is 25.6. The van der Waals surface area contributed by atoms with Crippen LogP contribution in [0.4, 0.5) is 10.5 Å². The summed E-state index contributed by atoms with van der Waals surface area (Å²) in [6, 6.07) is 17.3. The number of likely N-dealkylation sites (tertiary alicyclic amines) is 1. The largest absolute Gasteiger partial charge is 0.493 e. The fourth-order valence-corrected chi connectivity index (χ4v) is 4.96. The van der Waals surface area contributed by atoms with E-state index in [-0.39, 0.29) is 17.9 Å². The highest BCUT2D eigenvalue weighted by molar-refractivity contribution is 5.98. The molecule has 2 aliphatic rings. The number of anilines is 1. The molecule has 9 nitrogen and oxygen atoms in total. The second-order valence-corrected chi connectivity index (χ2v) is 9.81. The number of hydrogen-bond acceptors (Lipinski definition) is 6. The summed E-state index contributed by atoms with van der Waals surface area (Å²) in [5, 5.41) is 6.76. The van der Waals surface area contributed by atoms with Gasteiger partial charge in [0.1, 0.15) is 12.0 Å². The lowest BCUT2D eigenvalue weighted by Crippen LogP contribution is -2.41. The molecule has 1 N–H and O–H groups in total. The minimum absolute atomic E-state index is 0.00486. The van der Waals surface area contributed by atoms with Crippen molar-refractivity contribution in [1.29, 1.82) is 0 Å². The Morgan fingerprint density at radius 1 is 1.16 bits per heavy atom. The molecule has 1 atom stereocenters. The smallest absolute Gasteiger partial charge is 0.321 e. The molecule has 2 saturated heterocycles. The van der Waals surface area contributed by atoms with Crippen molar-refractivity contribution in [2.45, 2.75) is 25.9 Å². The summed E-state index contributed by atoms with van der Waals surface area (Å²) in [5.41, 5.74) is 3.48. The molecular formula is C28H33N5O4. The number of piperidine rings is 1. The molecule has 1 aromatic heterocycles. The number of aromatic nitrogens is 1. The first kappa shape index (κ1) is 24.8. The monoisotopic (exact) mass is 503 g/mol. The topological polar surface area (TPSA) is 91.2 Å². The first-order valence-electron chi connectivity index (χ1n) is 12.8. The van der Waals surface area contributed by atoms with E-state index >= 15 is 0 Å². The highest BCUT2D eigenvalue weighted by atomic mass is 16.5. The predicted octanol–water partition coefficient (Wildman–Crippen LogP) is 3.77. The van der Waals surface area contributed by atoms with E-state index in [2.05, 4.69) is 34.6 Å². The first-order chi connectivity index (χ1) is 18.0. The highest BCUT2D eigenvalue weighted by Gasteiger charge is 2.26. The molecule has 0 spiro atoms. The lowest BCUT2D eigenvalue weighted by molar-refractivity contribution is 0.0633. The minimum atomic E-state index is -0.119. The van der Waals surface area contributed by atoms with E-state index in [1.165, 1.54) is 5.56 Å². The lowest BCUT2D eigenvalue weighted by atomic mass is 9.98. The van der Waals surface area contributed by atoms with Crippen LogP contribution in [0.2, 0.25) is 0 Å². The number of carbonyl (C=O) groups is 2. The minimum Gasteiger partial charge on any atom is -0.493 e. The molecule has 0 unspecified atom stereocenters. The van der Waals surface area contributed by atoms with Gasteiger partial charge in [-0.15, -0.1) is 0 Å². The molecule has 3 heterocycles. The van der Waals surface area contributed by atoms with E-state index in [0.717, 1.165) is 49.6 Å². The molecular weight excluding hydrogens is 470 g/mol. The fraction of sp³-hybridized carbons (Fsp3) is 0.393. The number of hydrogen-bond donors (Lipinski definition) is 1. The van der Waals surface area contributed by atoms with Crippen LogP contribution in [0, 0.1) is 5.92 Å². The summed E-state index contributed by atoms with van der Waals surface area (Å²) >= 11 is 0. The number of benzene rings is 2. The van der Waals surface area contributed by atoms with Gasteiger partial charge in [-0.3, -0.25) is 14.6 Å². The quantitative estimate of drug-likeness (QED) is 0.478. The number of nitrogens with zero attached hydrogens (tertiary/aromatic N) is 4. The summed E-state index contributed by atoms with van der Waals surface area (Å²) in [6.45, 7) is 4.73. The number of urea groups is 1. The molecule has 0 radical (unpaired) electrons. The van der Waals surface area contributed by atoms with Crippen molar-refractivity contribution < 1.29 is 18.8 Å². The summed E-state index contributed by atoms with van der Waals surface area (Å²) in [6.07, 6.45) is 3.57. The standard InChI is InChI=1S/C28H33N5O4/c1-31(19-24-11-15-37-30-24)17-21-7-9-26(10-8-21)36-20-22-4-3-13-32(18-22)27(34)23-5-2-6-25(16-23)33-14-12-29-28(33)35/h2,5-11,15-16,22H,3-4,12-14,17-20H2,1H3,(H,29,35)/t22-/m1/s1. The van der Waals surface area contributed by atoms with Gasteiger partial charge in [-0.2, -0.15) is 0 Å². The van der Waals surface area contributed by atoms with Crippen LogP contribution in [0.25, 0.3) is 0 Å². The van der Waals surface area contributed by atoms with Gasteiger partial charge in [0.2, 0.25) is 0 Å². The third-order valence-corrected chi connectivity index (χ3v) is 6.85. The van der Waals surface area contributed by atoms with Gasteiger partial charge >= 0.3 is 6.03 Å². The number of rotatable bonds is 9. The maximum absolute atomic E-state index is 13.2. The molecule has 2 aromatic carbocycles. The average molecular weight is 504 g/mol. The Labute approximate surface area is 217 Å². The highest BCUT2D eigenvalue weighted by Crippen LogP contribution is 2.23. The molecule has 0 saturated carbocycles. The first-order valence-corrected chi connectivity index (χ1v) is 12.8. The van der Waals surface area contributed by atoms with Crippen molar-refractivity contribution in [3.63, 3.8) is 0 Å². The molecule has 2 fully saturated rings. The Hall–Kier alpha value is -3.85. The summed E-state index contributed by atoms with van der Waals surface area (Å²) in [7, 11) is 2.05. The number of amides is 3. The Morgan fingerprint density at radius 3 is 2.78 bits per heavy atom. The molecule has 3 amide bonds. The fourth-order valence-electron chi connectivity index (χ4n) is 4.96. The van der Waals surface area contributed by atoms with E-state index in [1.54, 1.807) is 11.2 Å². The molecule has 5 rings (SSSR count). The van der Waals surface area contributed by atoms with Gasteiger partial charge in [0.25, 0.3) is 5.91 Å². The second-order valence-electron chi connectivity index (χ2n) is 9.81. The van der Waals surface area contributed by atoms with Gasteiger partial charge < -0.3 is 19.5 Å². The number of ether oxygens (including phenoxy) is 1. The second kappa shape index (κ2) is 11.5. The average Bonchev–Trinajstić information content (AvgIpc) is 3.59. The molecule has 9 heteroatoms. The predicted molar refractivity (Wildman–Crippen MR) is 139 cm³/mol. The molecule has 2 aliphatic heterocycles. The van der Waals surface area contributed by atoms with E-state index in [0.29, 0.717) is 31.8 Å². The van der Waals surface area contributed by atoms with E-state index in [4.69, 9.17) is 9.26 Å². The van der Waals surface area contributed by atoms with E-state index in [9.17, 15) is 9.59 Å². The van der Waals surface area contributed by atoms with Crippen LogP contribution < -0.4 is 15.0 Å². The normalized spacial score (nSPS) is 17.8. The van der Waals surface area contributed by atoms with Crippen molar-refractivity contribution in [3.8, 4) is 5.75 Å². The van der Waals surface area contributed by atoms with Gasteiger partial charge in [-0.25, -0.2) is 4.79 Å². The van der Waals surface area contributed by atoms with Crippen molar-refractivity contribution in [2.24, 2.45) is 5.92 Å². The summed E-state index contributed by atoms with van der Waals surface area (Å²) < 4.78 is 11.0. The van der Waals surface area contributed by atoms with E-state index in [1.807, 2.05) is 47.4 Å². The summed E-state index contributed by atoms with van der Waals surface area (Å²) in [4.78, 5) is 31.0. The van der Waals surface area contributed by atoms with Crippen molar-refractivity contribution in [1.82, 2.24) is 20.3 Å². The van der Waals surface area contributed by atoms with Crippen LogP contribution >= 0.6 is 0 Å². The van der Waals surface area contributed by atoms with Gasteiger partial charge in [-0.05, 0) is 55.8 Å². The third kappa shape index (κ3) is 6.29. The molecule has 194 valence electrons. The molecule has 0 bridgehead atoms. The van der Waals surface area contributed by atoms with Crippen molar-refractivity contribution in [2.75, 3.05) is 44.7 Å². The van der Waals surface area contributed by atoms with Gasteiger partial charge in [0, 0.05) is 62.5 Å². The molecule has 37 heavy (non-hydrogen) atoms. The number of carbonyl (C=O) groups excluding carboxylic acids is 2. The lowest BCUT2D eigenvalue weighted by Gasteiger charge is -2.33. The van der Waals surface area contributed by atoms with Crippen LogP contribution in [-0.4, -0.2) is 66.7 Å². The van der Waals surface area contributed by atoms with Crippen molar-refractivity contribution >= 4 is 17.6 Å². The van der Waals surface area contributed by atoms with Gasteiger partial charge in [-0.1, -0.05) is 23.4 Å². The van der Waals surface area contributed by atoms with E-state index < -0.39 is 0 Å². The maximum Gasteiger partial charge on any atom is 0.321 e. The third-order valence-electron chi connectivity index (χ3n) is 6.85. The van der Waals surface area contributed by atoms with Crippen molar-refractivity contribution in [3.05, 3.63) is 77.7 Å². The zero-order valence-electron chi connectivity index (χ0n) is 21.1.